The Morgan fingerprint density at radius 3 is 2.95 bits per heavy atom. The highest BCUT2D eigenvalue weighted by Crippen LogP contribution is 2.16. The number of amidine groups is 1. The van der Waals surface area contributed by atoms with Gasteiger partial charge in [-0.15, -0.1) is 11.3 Å². The molecule has 7 heteroatoms. The Morgan fingerprint density at radius 1 is 1.68 bits per heavy atom. The van der Waals surface area contributed by atoms with E-state index in [0.29, 0.717) is 13.0 Å². The predicted molar refractivity (Wildman–Crippen MR) is 75.3 cm³/mol. The lowest BCUT2D eigenvalue weighted by Gasteiger charge is -2.16. The number of carbonyl (C=O) groups excluding carboxylic acids is 1. The molecule has 2 atom stereocenters. The normalized spacial score (nSPS) is 14.9. The Labute approximate surface area is 116 Å². The number of amides is 1. The van der Waals surface area contributed by atoms with Crippen LogP contribution in [0.3, 0.4) is 0 Å². The minimum atomic E-state index is -0.571. The Bertz CT molecular complexity index is 419. The van der Waals surface area contributed by atoms with Crippen LogP contribution in [-0.2, 0) is 4.79 Å². The van der Waals surface area contributed by atoms with Crippen LogP contribution in [0.15, 0.2) is 16.7 Å². The van der Waals surface area contributed by atoms with Crippen molar-refractivity contribution in [2.45, 2.75) is 32.6 Å². The third kappa shape index (κ3) is 4.51. The average molecular weight is 284 g/mol. The molecule has 1 heterocycles. The summed E-state index contributed by atoms with van der Waals surface area (Å²) in [5, 5.41) is 17.3. The van der Waals surface area contributed by atoms with Gasteiger partial charge in [0.15, 0.2) is 5.84 Å². The smallest absolute Gasteiger partial charge is 0.230 e. The zero-order chi connectivity index (χ0) is 14.3. The number of hydrogen-bond donors (Lipinski definition) is 3. The Balaban J connectivity index is 2.53. The molecule has 0 bridgehead atoms. The van der Waals surface area contributed by atoms with E-state index < -0.39 is 5.92 Å². The summed E-state index contributed by atoms with van der Waals surface area (Å²) < 4.78 is 0. The second-order valence-electron chi connectivity index (χ2n) is 4.38. The summed E-state index contributed by atoms with van der Waals surface area (Å²) in [6.45, 7) is 4.44. The Hall–Kier alpha value is -1.63. The number of aromatic nitrogens is 1. The molecule has 0 spiro atoms. The molecule has 0 aromatic carbocycles. The summed E-state index contributed by atoms with van der Waals surface area (Å²) in [7, 11) is 0. The number of nitrogens with two attached hydrogens (primary N) is 1. The predicted octanol–water partition coefficient (Wildman–Crippen LogP) is 1.53. The van der Waals surface area contributed by atoms with Crippen LogP contribution in [0.25, 0.3) is 0 Å². The Kier molecular flexibility index (Phi) is 6.27. The maximum Gasteiger partial charge on any atom is 0.230 e. The molecule has 1 aromatic heterocycles. The molecule has 1 amide bonds. The summed E-state index contributed by atoms with van der Waals surface area (Å²) in [5.41, 5.74) is 5.53. The SMILES string of the molecule is CCCC(C(=O)NCC(C)c1nccs1)/C(N)=N/O. The van der Waals surface area contributed by atoms with E-state index in [1.807, 2.05) is 19.2 Å². The van der Waals surface area contributed by atoms with Gasteiger partial charge < -0.3 is 16.3 Å². The first kappa shape index (κ1) is 15.4. The van der Waals surface area contributed by atoms with E-state index in [1.165, 1.54) is 0 Å². The van der Waals surface area contributed by atoms with E-state index in [0.717, 1.165) is 11.4 Å². The highest BCUT2D eigenvalue weighted by atomic mass is 32.1. The number of thiazole rings is 1. The maximum atomic E-state index is 12.0. The van der Waals surface area contributed by atoms with Gasteiger partial charge in [-0.3, -0.25) is 4.79 Å². The molecule has 0 saturated heterocycles. The summed E-state index contributed by atoms with van der Waals surface area (Å²) in [5.74, 6) is -0.668. The maximum absolute atomic E-state index is 12.0. The fourth-order valence-corrected chi connectivity index (χ4v) is 2.41. The first-order valence-electron chi connectivity index (χ1n) is 6.24. The van der Waals surface area contributed by atoms with Gasteiger partial charge in [0.25, 0.3) is 0 Å². The van der Waals surface area contributed by atoms with Crippen molar-refractivity contribution in [2.75, 3.05) is 6.54 Å². The summed E-state index contributed by atoms with van der Waals surface area (Å²) in [4.78, 5) is 16.2. The average Bonchev–Trinajstić information content (AvgIpc) is 2.95. The molecule has 6 nitrogen and oxygen atoms in total. The van der Waals surface area contributed by atoms with Crippen LogP contribution in [0.2, 0.25) is 0 Å². The number of oxime groups is 1. The summed E-state index contributed by atoms with van der Waals surface area (Å²) in [6.07, 6.45) is 3.10. The number of nitrogens with zero attached hydrogens (tertiary/aromatic N) is 2. The molecule has 0 aliphatic carbocycles. The molecule has 4 N–H and O–H groups in total. The molecule has 0 saturated carbocycles. The number of carbonyl (C=O) groups is 1. The molecule has 0 aliphatic rings. The van der Waals surface area contributed by atoms with Crippen LogP contribution in [0, 0.1) is 5.92 Å². The highest BCUT2D eigenvalue weighted by Gasteiger charge is 2.22. The Morgan fingerprint density at radius 2 is 2.42 bits per heavy atom. The topological polar surface area (TPSA) is 101 Å². The number of nitrogens with one attached hydrogen (secondary N) is 1. The van der Waals surface area contributed by atoms with Crippen molar-refractivity contribution in [1.29, 1.82) is 0 Å². The van der Waals surface area contributed by atoms with Crippen molar-refractivity contribution >= 4 is 23.1 Å². The van der Waals surface area contributed by atoms with Crippen LogP contribution >= 0.6 is 11.3 Å². The lowest BCUT2D eigenvalue weighted by molar-refractivity contribution is -0.123. The zero-order valence-electron chi connectivity index (χ0n) is 11.2. The minimum Gasteiger partial charge on any atom is -0.409 e. The zero-order valence-corrected chi connectivity index (χ0v) is 12.0. The van der Waals surface area contributed by atoms with E-state index in [2.05, 4.69) is 15.5 Å². The minimum absolute atomic E-state index is 0.0405. The third-order valence-corrected chi connectivity index (χ3v) is 3.83. The van der Waals surface area contributed by atoms with Crippen LogP contribution in [-0.4, -0.2) is 28.5 Å². The van der Waals surface area contributed by atoms with Gasteiger partial charge in [-0.25, -0.2) is 4.98 Å². The lowest BCUT2D eigenvalue weighted by Crippen LogP contribution is -2.40. The van der Waals surface area contributed by atoms with Gasteiger partial charge in [-0.2, -0.15) is 0 Å². The van der Waals surface area contributed by atoms with Gasteiger partial charge in [-0.1, -0.05) is 25.4 Å². The first-order valence-corrected chi connectivity index (χ1v) is 7.12. The van der Waals surface area contributed by atoms with Crippen molar-refractivity contribution < 1.29 is 10.0 Å². The van der Waals surface area contributed by atoms with Crippen molar-refractivity contribution in [3.63, 3.8) is 0 Å². The molecule has 2 unspecified atom stereocenters. The van der Waals surface area contributed by atoms with Gasteiger partial charge in [-0.05, 0) is 6.42 Å². The highest BCUT2D eigenvalue weighted by molar-refractivity contribution is 7.09. The van der Waals surface area contributed by atoms with Gasteiger partial charge in [0.05, 0.1) is 10.9 Å². The molecule has 1 aromatic rings. The first-order chi connectivity index (χ1) is 9.10. The molecular weight excluding hydrogens is 264 g/mol. The molecular formula is C12H20N4O2S. The van der Waals surface area contributed by atoms with Crippen LogP contribution < -0.4 is 11.1 Å². The summed E-state index contributed by atoms with van der Waals surface area (Å²) in [6, 6.07) is 0. The van der Waals surface area contributed by atoms with E-state index in [-0.39, 0.29) is 17.7 Å². The molecule has 19 heavy (non-hydrogen) atoms. The third-order valence-electron chi connectivity index (χ3n) is 2.82. The lowest BCUT2D eigenvalue weighted by atomic mass is 10.0. The second-order valence-corrected chi connectivity index (χ2v) is 5.31. The molecule has 106 valence electrons. The van der Waals surface area contributed by atoms with Crippen LogP contribution in [0.1, 0.15) is 37.6 Å². The molecule has 0 radical (unpaired) electrons. The van der Waals surface area contributed by atoms with Crippen molar-refractivity contribution in [3.8, 4) is 0 Å². The molecule has 0 aliphatic heterocycles. The van der Waals surface area contributed by atoms with E-state index in [1.54, 1.807) is 17.5 Å². The molecule has 0 fully saturated rings. The second kappa shape index (κ2) is 7.73. The van der Waals surface area contributed by atoms with Gasteiger partial charge >= 0.3 is 0 Å². The fourth-order valence-electron chi connectivity index (χ4n) is 1.71. The fraction of sp³-hybridized carbons (Fsp3) is 0.583. The van der Waals surface area contributed by atoms with E-state index in [4.69, 9.17) is 10.9 Å². The van der Waals surface area contributed by atoms with Crippen molar-refractivity contribution in [1.82, 2.24) is 10.3 Å². The van der Waals surface area contributed by atoms with E-state index >= 15 is 0 Å². The van der Waals surface area contributed by atoms with E-state index in [9.17, 15) is 4.79 Å². The number of hydrogen-bond acceptors (Lipinski definition) is 5. The van der Waals surface area contributed by atoms with Crippen LogP contribution in [0.4, 0.5) is 0 Å². The monoisotopic (exact) mass is 284 g/mol. The molecule has 1 rings (SSSR count). The van der Waals surface area contributed by atoms with Crippen LogP contribution in [0.5, 0.6) is 0 Å². The standard InChI is InChI=1S/C12H20N4O2S/c1-3-4-9(10(13)16-18)11(17)15-7-8(2)12-14-5-6-19-12/h5-6,8-9,18H,3-4,7H2,1-2H3,(H2,13,16)(H,15,17). The van der Waals surface area contributed by atoms with Crippen molar-refractivity contribution in [3.05, 3.63) is 16.6 Å². The largest absolute Gasteiger partial charge is 0.409 e. The number of rotatable bonds is 7. The quantitative estimate of drug-likeness (QED) is 0.306. The van der Waals surface area contributed by atoms with Gasteiger partial charge in [0.1, 0.15) is 0 Å². The van der Waals surface area contributed by atoms with Gasteiger partial charge in [0, 0.05) is 24.0 Å². The van der Waals surface area contributed by atoms with Gasteiger partial charge in [0.2, 0.25) is 5.91 Å². The van der Waals surface area contributed by atoms with Crippen molar-refractivity contribution in [2.24, 2.45) is 16.8 Å². The summed E-state index contributed by atoms with van der Waals surface area (Å²) >= 11 is 1.56.